The van der Waals surface area contributed by atoms with Crippen molar-refractivity contribution in [2.24, 2.45) is 0 Å². The Balaban J connectivity index is 0.000000189. The molecule has 1 aromatic heterocycles. The van der Waals surface area contributed by atoms with Gasteiger partial charge in [0.05, 0.1) is 6.20 Å². The molecule has 0 saturated carbocycles. The molecule has 70 valence electrons. The van der Waals surface area contributed by atoms with E-state index in [9.17, 15) is 0 Å². The molecule has 1 aromatic rings. The maximum atomic E-state index is 4.33. The van der Waals surface area contributed by atoms with Gasteiger partial charge in [0.1, 0.15) is 6.26 Å². The molecule has 2 heterocycles. The lowest BCUT2D eigenvalue weighted by Gasteiger charge is -2.08. The molecule has 12 heavy (non-hydrogen) atoms. The summed E-state index contributed by atoms with van der Waals surface area (Å²) in [5.74, 6) is 0. The molecule has 1 fully saturated rings. The molecule has 0 unspecified atom stereocenters. The highest BCUT2D eigenvalue weighted by atomic mass is 16.5. The van der Waals surface area contributed by atoms with Crippen LogP contribution in [0.25, 0.3) is 0 Å². The van der Waals surface area contributed by atoms with Crippen molar-refractivity contribution < 1.29 is 10.00 Å². The fraction of sp³-hybridized carbons (Fsp3) is 0.625. The smallest absolute Gasteiger partial charge is 0.123 e. The summed E-state index contributed by atoms with van der Waals surface area (Å²) in [6, 6.07) is 1.72. The molecule has 1 aliphatic rings. The second kappa shape index (κ2) is 8.23. The normalized spacial score (nSPS) is 15.3. The molecule has 0 atom stereocenters. The van der Waals surface area contributed by atoms with E-state index < -0.39 is 0 Å². The van der Waals surface area contributed by atoms with Crippen LogP contribution in [0.3, 0.4) is 0 Å². The molecular weight excluding hydrogens is 156 g/mol. The zero-order chi connectivity index (χ0) is 7.78. The predicted octanol–water partition coefficient (Wildman–Crippen LogP) is 0.610. The first-order chi connectivity index (χ1) is 5.50. The number of hydrogen-bond acceptors (Lipinski definition) is 3. The third-order valence-electron chi connectivity index (χ3n) is 1.55. The van der Waals surface area contributed by atoms with E-state index in [0.717, 1.165) is 0 Å². The van der Waals surface area contributed by atoms with Gasteiger partial charge in [-0.25, -0.2) is 0 Å². The molecule has 0 amide bonds. The molecule has 4 heteroatoms. The Hall–Kier alpha value is -0.870. The summed E-state index contributed by atoms with van der Waals surface area (Å²) < 4.78 is 4.33. The van der Waals surface area contributed by atoms with E-state index in [0.29, 0.717) is 0 Å². The van der Waals surface area contributed by atoms with Crippen LogP contribution in [0.5, 0.6) is 0 Å². The largest absolute Gasteiger partial charge is 0.412 e. The zero-order valence-electron chi connectivity index (χ0n) is 7.12. The number of aromatic nitrogens is 1. The van der Waals surface area contributed by atoms with Gasteiger partial charge in [-0.05, 0) is 32.0 Å². The van der Waals surface area contributed by atoms with Crippen molar-refractivity contribution in [1.82, 2.24) is 10.5 Å². The van der Waals surface area contributed by atoms with E-state index in [2.05, 4.69) is 15.0 Å². The molecular formula is C8H16N2O2. The number of piperidine rings is 1. The van der Waals surface area contributed by atoms with E-state index in [-0.39, 0.29) is 5.48 Å². The summed E-state index contributed by atoms with van der Waals surface area (Å²) in [6.45, 7) is 2.50. The summed E-state index contributed by atoms with van der Waals surface area (Å²) in [6.07, 6.45) is 7.31. The van der Waals surface area contributed by atoms with Crippen molar-refractivity contribution in [3.8, 4) is 0 Å². The van der Waals surface area contributed by atoms with Gasteiger partial charge in [0, 0.05) is 0 Å². The average Bonchev–Trinajstić information content (AvgIpc) is 2.64. The SMILES string of the molecule is C1CCNCC1.O.c1cnoc1. The average molecular weight is 172 g/mol. The van der Waals surface area contributed by atoms with Gasteiger partial charge in [-0.15, -0.1) is 0 Å². The number of hydrogen-bond donors (Lipinski definition) is 1. The first kappa shape index (κ1) is 11.1. The van der Waals surface area contributed by atoms with Crippen molar-refractivity contribution in [3.05, 3.63) is 18.5 Å². The van der Waals surface area contributed by atoms with E-state index in [1.54, 1.807) is 12.3 Å². The fourth-order valence-corrected chi connectivity index (χ4v) is 0.977. The molecule has 0 bridgehead atoms. The molecule has 1 saturated heterocycles. The van der Waals surface area contributed by atoms with Crippen molar-refractivity contribution in [2.45, 2.75) is 19.3 Å². The number of nitrogens with zero attached hydrogens (tertiary/aromatic N) is 1. The van der Waals surface area contributed by atoms with Gasteiger partial charge in [0.15, 0.2) is 0 Å². The van der Waals surface area contributed by atoms with Crippen molar-refractivity contribution >= 4 is 0 Å². The summed E-state index contributed by atoms with van der Waals surface area (Å²) in [4.78, 5) is 0. The van der Waals surface area contributed by atoms with Crippen LogP contribution in [0.1, 0.15) is 19.3 Å². The minimum atomic E-state index is 0. The summed E-state index contributed by atoms with van der Waals surface area (Å²) >= 11 is 0. The maximum absolute atomic E-state index is 4.33. The standard InChI is InChI=1S/C5H11N.C3H3NO.H2O/c1-2-4-6-5-3-1;1-2-4-5-3-1;/h6H,1-5H2;1-3H;1H2. The molecule has 0 spiro atoms. The minimum Gasteiger partial charge on any atom is -0.412 e. The minimum absolute atomic E-state index is 0. The van der Waals surface area contributed by atoms with E-state index in [4.69, 9.17) is 0 Å². The third-order valence-corrected chi connectivity index (χ3v) is 1.55. The molecule has 0 aromatic carbocycles. The molecule has 2 rings (SSSR count). The van der Waals surface area contributed by atoms with Crippen molar-refractivity contribution in [3.63, 3.8) is 0 Å². The Bertz CT molecular complexity index is 121. The van der Waals surface area contributed by atoms with Crippen LogP contribution in [0.15, 0.2) is 23.0 Å². The zero-order valence-corrected chi connectivity index (χ0v) is 7.12. The lowest BCUT2D eigenvalue weighted by Crippen LogP contribution is -2.21. The van der Waals surface area contributed by atoms with Crippen LogP contribution in [0.2, 0.25) is 0 Å². The van der Waals surface area contributed by atoms with Crippen LogP contribution in [0, 0.1) is 0 Å². The topological polar surface area (TPSA) is 69.6 Å². The molecule has 3 N–H and O–H groups in total. The van der Waals surface area contributed by atoms with E-state index in [1.165, 1.54) is 38.6 Å². The fourth-order valence-electron chi connectivity index (χ4n) is 0.977. The summed E-state index contributed by atoms with van der Waals surface area (Å²) in [5.41, 5.74) is 0. The van der Waals surface area contributed by atoms with E-state index >= 15 is 0 Å². The van der Waals surface area contributed by atoms with Gasteiger partial charge >= 0.3 is 0 Å². The number of rotatable bonds is 0. The predicted molar refractivity (Wildman–Crippen MR) is 46.8 cm³/mol. The highest BCUT2D eigenvalue weighted by molar-refractivity contribution is 4.67. The van der Waals surface area contributed by atoms with Crippen LogP contribution < -0.4 is 5.32 Å². The Morgan fingerprint density at radius 1 is 1.17 bits per heavy atom. The molecule has 0 aliphatic carbocycles. The number of nitrogens with one attached hydrogen (secondary N) is 1. The third kappa shape index (κ3) is 5.88. The lowest BCUT2D eigenvalue weighted by molar-refractivity contribution is 0.420. The molecule has 4 nitrogen and oxygen atoms in total. The summed E-state index contributed by atoms with van der Waals surface area (Å²) in [5, 5.41) is 6.63. The van der Waals surface area contributed by atoms with Crippen molar-refractivity contribution in [2.75, 3.05) is 13.1 Å². The van der Waals surface area contributed by atoms with Crippen LogP contribution >= 0.6 is 0 Å². The molecule has 1 aliphatic heterocycles. The molecule has 0 radical (unpaired) electrons. The van der Waals surface area contributed by atoms with Gasteiger partial charge < -0.3 is 15.3 Å². The maximum Gasteiger partial charge on any atom is 0.123 e. The van der Waals surface area contributed by atoms with Gasteiger partial charge in [-0.2, -0.15) is 0 Å². The van der Waals surface area contributed by atoms with Crippen LogP contribution in [-0.2, 0) is 0 Å². The Kier molecular flexibility index (Phi) is 7.63. The van der Waals surface area contributed by atoms with Crippen molar-refractivity contribution in [1.29, 1.82) is 0 Å². The highest BCUT2D eigenvalue weighted by Gasteiger charge is 1.93. The van der Waals surface area contributed by atoms with Crippen LogP contribution in [0.4, 0.5) is 0 Å². The quantitative estimate of drug-likeness (QED) is 0.623. The van der Waals surface area contributed by atoms with Gasteiger partial charge in [-0.1, -0.05) is 11.6 Å². The van der Waals surface area contributed by atoms with Gasteiger partial charge in [-0.3, -0.25) is 0 Å². The Morgan fingerprint density at radius 3 is 2.08 bits per heavy atom. The highest BCUT2D eigenvalue weighted by Crippen LogP contribution is 1.96. The summed E-state index contributed by atoms with van der Waals surface area (Å²) in [7, 11) is 0. The Labute approximate surface area is 72.3 Å². The van der Waals surface area contributed by atoms with Gasteiger partial charge in [0.25, 0.3) is 0 Å². The van der Waals surface area contributed by atoms with Crippen LogP contribution in [-0.4, -0.2) is 23.7 Å². The second-order valence-corrected chi connectivity index (χ2v) is 2.50. The Morgan fingerprint density at radius 2 is 1.92 bits per heavy atom. The van der Waals surface area contributed by atoms with E-state index in [1.807, 2.05) is 0 Å². The second-order valence-electron chi connectivity index (χ2n) is 2.50. The van der Waals surface area contributed by atoms with Gasteiger partial charge in [0.2, 0.25) is 0 Å². The first-order valence-corrected chi connectivity index (χ1v) is 4.05. The first-order valence-electron chi connectivity index (χ1n) is 4.05. The monoisotopic (exact) mass is 172 g/mol. The lowest BCUT2D eigenvalue weighted by atomic mass is 10.2.